The summed E-state index contributed by atoms with van der Waals surface area (Å²) in [5, 5.41) is 13.6. The summed E-state index contributed by atoms with van der Waals surface area (Å²) in [4.78, 5) is -0.923. The van der Waals surface area contributed by atoms with E-state index in [2.05, 4.69) is 9.82 Å². The molecule has 1 rings (SSSR count). The van der Waals surface area contributed by atoms with E-state index >= 15 is 0 Å². The third kappa shape index (κ3) is 4.97. The summed E-state index contributed by atoms with van der Waals surface area (Å²) in [6.45, 7) is 3.43. The maximum atomic E-state index is 12.7. The summed E-state index contributed by atoms with van der Waals surface area (Å²) < 4.78 is 64.1. The zero-order valence-corrected chi connectivity index (χ0v) is 12.5. The summed E-state index contributed by atoms with van der Waals surface area (Å²) in [6, 6.07) is 0. The molecule has 0 spiro atoms. The fourth-order valence-corrected chi connectivity index (χ4v) is 3.05. The lowest BCUT2D eigenvalue weighted by molar-refractivity contribution is -0.143. The van der Waals surface area contributed by atoms with Crippen LogP contribution < -0.4 is 4.72 Å². The van der Waals surface area contributed by atoms with E-state index < -0.39 is 32.2 Å². The first-order valence-corrected chi connectivity index (χ1v) is 7.69. The molecule has 122 valence electrons. The molecule has 0 aliphatic carbocycles. The Morgan fingerprint density at radius 1 is 1.38 bits per heavy atom. The zero-order valence-electron chi connectivity index (χ0n) is 11.7. The van der Waals surface area contributed by atoms with Crippen molar-refractivity contribution in [3.05, 3.63) is 11.9 Å². The van der Waals surface area contributed by atoms with Crippen LogP contribution in [-0.4, -0.2) is 36.9 Å². The topological polar surface area (TPSA) is 95.1 Å². The number of aromatic nitrogens is 2. The van der Waals surface area contributed by atoms with Crippen molar-refractivity contribution in [1.82, 2.24) is 14.9 Å². The van der Waals surface area contributed by atoms with E-state index in [0.717, 1.165) is 0 Å². The number of H-pyrrole nitrogens is 1. The molecule has 0 aliphatic rings. The summed E-state index contributed by atoms with van der Waals surface area (Å²) in [5.41, 5.74) is -1.89. The molecule has 3 N–H and O–H groups in total. The Labute approximate surface area is 120 Å². The minimum absolute atomic E-state index is 0.0316. The molecule has 0 amide bonds. The van der Waals surface area contributed by atoms with E-state index in [1.807, 2.05) is 0 Å². The van der Waals surface area contributed by atoms with Gasteiger partial charge in [0.25, 0.3) is 0 Å². The first kappa shape index (κ1) is 17.9. The lowest BCUT2D eigenvalue weighted by atomic mass is 9.88. The van der Waals surface area contributed by atoms with Gasteiger partial charge < -0.3 is 5.11 Å². The number of aromatic amines is 1. The van der Waals surface area contributed by atoms with Crippen molar-refractivity contribution in [3.63, 3.8) is 0 Å². The van der Waals surface area contributed by atoms with Gasteiger partial charge in [0, 0.05) is 13.2 Å². The van der Waals surface area contributed by atoms with E-state index in [1.54, 1.807) is 18.9 Å². The van der Waals surface area contributed by atoms with Crippen molar-refractivity contribution in [2.75, 3.05) is 13.2 Å². The van der Waals surface area contributed by atoms with Crippen molar-refractivity contribution in [2.24, 2.45) is 5.41 Å². The van der Waals surface area contributed by atoms with Crippen LogP contribution in [0.2, 0.25) is 0 Å². The molecule has 0 aliphatic heterocycles. The lowest BCUT2D eigenvalue weighted by Crippen LogP contribution is -2.34. The molecule has 6 nitrogen and oxygen atoms in total. The number of alkyl halides is 3. The van der Waals surface area contributed by atoms with Gasteiger partial charge in [-0.05, 0) is 18.3 Å². The van der Waals surface area contributed by atoms with Crippen LogP contribution in [0.1, 0.15) is 32.4 Å². The summed E-state index contributed by atoms with van der Waals surface area (Å²) in [7, 11) is -4.32. The van der Waals surface area contributed by atoms with Crippen molar-refractivity contribution < 1.29 is 26.7 Å². The van der Waals surface area contributed by atoms with Crippen LogP contribution in [0.25, 0.3) is 0 Å². The fraction of sp³-hybridized carbons (Fsp3) is 0.727. The third-order valence-electron chi connectivity index (χ3n) is 2.93. The number of aliphatic hydroxyl groups is 1. The number of aliphatic hydroxyl groups excluding tert-OH is 1. The largest absolute Gasteiger partial charge is 0.434 e. The Hall–Kier alpha value is -1.13. The Kier molecular flexibility index (Phi) is 5.40. The average Bonchev–Trinajstić information content (AvgIpc) is 2.84. The summed E-state index contributed by atoms with van der Waals surface area (Å²) in [6.07, 6.45) is -3.18. The van der Waals surface area contributed by atoms with Gasteiger partial charge in [-0.3, -0.25) is 5.10 Å². The number of sulfonamides is 1. The van der Waals surface area contributed by atoms with Gasteiger partial charge >= 0.3 is 6.18 Å². The predicted octanol–water partition coefficient (Wildman–Crippen LogP) is 1.51. The van der Waals surface area contributed by atoms with E-state index in [1.165, 1.54) is 0 Å². The summed E-state index contributed by atoms with van der Waals surface area (Å²) in [5.74, 6) is 0. The van der Waals surface area contributed by atoms with Crippen LogP contribution in [0.4, 0.5) is 13.2 Å². The lowest BCUT2D eigenvalue weighted by Gasteiger charge is -2.24. The maximum Gasteiger partial charge on any atom is 0.434 e. The molecule has 0 radical (unpaired) electrons. The molecule has 10 heteroatoms. The van der Waals surface area contributed by atoms with Crippen LogP contribution >= 0.6 is 0 Å². The molecule has 0 bridgehead atoms. The highest BCUT2D eigenvalue weighted by atomic mass is 32.2. The normalized spacial score (nSPS) is 13.6. The molecule has 1 heterocycles. The SMILES string of the molecule is CC(C)(CCCO)CNS(=O)(=O)c1cn[nH]c1C(F)(F)F. The number of hydrogen-bond donors (Lipinski definition) is 3. The van der Waals surface area contributed by atoms with Crippen molar-refractivity contribution in [3.8, 4) is 0 Å². The quantitative estimate of drug-likeness (QED) is 0.706. The minimum atomic E-state index is -4.83. The first-order valence-electron chi connectivity index (χ1n) is 6.21. The second kappa shape index (κ2) is 6.32. The van der Waals surface area contributed by atoms with Gasteiger partial charge in [-0.2, -0.15) is 18.3 Å². The molecule has 1 aromatic heterocycles. The smallest absolute Gasteiger partial charge is 0.396 e. The third-order valence-corrected chi connectivity index (χ3v) is 4.34. The van der Waals surface area contributed by atoms with E-state index in [0.29, 0.717) is 19.0 Å². The number of hydrogen-bond acceptors (Lipinski definition) is 4. The summed E-state index contributed by atoms with van der Waals surface area (Å²) >= 11 is 0. The van der Waals surface area contributed by atoms with E-state index in [9.17, 15) is 21.6 Å². The minimum Gasteiger partial charge on any atom is -0.396 e. The van der Waals surface area contributed by atoms with Gasteiger partial charge in [0.2, 0.25) is 10.0 Å². The number of halogens is 3. The van der Waals surface area contributed by atoms with Crippen LogP contribution in [0.15, 0.2) is 11.1 Å². The highest BCUT2D eigenvalue weighted by Gasteiger charge is 2.39. The van der Waals surface area contributed by atoms with Crippen molar-refractivity contribution >= 4 is 10.0 Å². The number of nitrogens with one attached hydrogen (secondary N) is 2. The Morgan fingerprint density at radius 2 is 2.00 bits per heavy atom. The second-order valence-electron chi connectivity index (χ2n) is 5.42. The molecule has 0 saturated carbocycles. The molecule has 0 atom stereocenters. The number of rotatable bonds is 7. The molecular formula is C11H18F3N3O3S. The average molecular weight is 329 g/mol. The molecule has 0 aromatic carbocycles. The standard InChI is InChI=1S/C11H18F3N3O3S/c1-10(2,4-3-5-18)7-16-21(19,20)8-6-15-17-9(8)11(12,13)14/h6,16,18H,3-5,7H2,1-2H3,(H,15,17). The molecule has 0 saturated heterocycles. The van der Waals surface area contributed by atoms with Gasteiger partial charge in [0.1, 0.15) is 4.90 Å². The van der Waals surface area contributed by atoms with Gasteiger partial charge in [-0.15, -0.1) is 0 Å². The Morgan fingerprint density at radius 3 is 2.52 bits per heavy atom. The van der Waals surface area contributed by atoms with Gasteiger partial charge in [-0.25, -0.2) is 13.1 Å². The highest BCUT2D eigenvalue weighted by Crippen LogP contribution is 2.32. The first-order chi connectivity index (χ1) is 9.49. The molecule has 0 unspecified atom stereocenters. The van der Waals surface area contributed by atoms with Crippen molar-refractivity contribution in [2.45, 2.75) is 37.8 Å². The molecular weight excluding hydrogens is 311 g/mol. The van der Waals surface area contributed by atoms with Crippen molar-refractivity contribution in [1.29, 1.82) is 0 Å². The van der Waals surface area contributed by atoms with Crippen LogP contribution in [0.3, 0.4) is 0 Å². The zero-order chi connectivity index (χ0) is 16.3. The molecule has 0 fully saturated rings. The number of nitrogens with zero attached hydrogens (tertiary/aromatic N) is 1. The van der Waals surface area contributed by atoms with Gasteiger partial charge in [0.05, 0.1) is 6.20 Å². The van der Waals surface area contributed by atoms with Crippen LogP contribution in [0.5, 0.6) is 0 Å². The van der Waals surface area contributed by atoms with Gasteiger partial charge in [-0.1, -0.05) is 13.8 Å². The fourth-order valence-electron chi connectivity index (χ4n) is 1.70. The van der Waals surface area contributed by atoms with E-state index in [-0.39, 0.29) is 13.2 Å². The second-order valence-corrected chi connectivity index (χ2v) is 7.16. The van der Waals surface area contributed by atoms with E-state index in [4.69, 9.17) is 5.11 Å². The van der Waals surface area contributed by atoms with Crippen LogP contribution in [0, 0.1) is 5.41 Å². The Bertz CT molecular complexity index is 567. The maximum absolute atomic E-state index is 12.7. The van der Waals surface area contributed by atoms with Crippen LogP contribution in [-0.2, 0) is 16.2 Å². The Balaban J connectivity index is 2.87. The predicted molar refractivity (Wildman–Crippen MR) is 68.9 cm³/mol. The highest BCUT2D eigenvalue weighted by molar-refractivity contribution is 7.89. The van der Waals surface area contributed by atoms with Gasteiger partial charge in [0.15, 0.2) is 5.69 Å². The molecule has 1 aromatic rings. The monoisotopic (exact) mass is 329 g/mol. The molecule has 21 heavy (non-hydrogen) atoms.